The Morgan fingerprint density at radius 1 is 1.05 bits per heavy atom. The van der Waals surface area contributed by atoms with Crippen molar-refractivity contribution < 1.29 is 5.11 Å². The number of piperazine rings is 1. The van der Waals surface area contributed by atoms with Crippen LogP contribution in [0.2, 0.25) is 0 Å². The molecule has 2 saturated heterocycles. The van der Waals surface area contributed by atoms with Gasteiger partial charge in [0.15, 0.2) is 0 Å². The van der Waals surface area contributed by atoms with E-state index in [4.69, 9.17) is 11.5 Å². The molecule has 0 aromatic heterocycles. The zero-order chi connectivity index (χ0) is 26.8. The highest BCUT2D eigenvalue weighted by atomic mass is 16.3. The predicted molar refractivity (Wildman–Crippen MR) is 158 cm³/mol. The molecule has 1 saturated carbocycles. The fraction of sp³-hybridized carbons (Fsp3) is 0.742. The van der Waals surface area contributed by atoms with Crippen molar-refractivity contribution in [1.82, 2.24) is 25.8 Å². The summed E-state index contributed by atoms with van der Waals surface area (Å²) in [4.78, 5) is 5.33. The minimum atomic E-state index is -0.710. The summed E-state index contributed by atoms with van der Waals surface area (Å²) in [6.07, 6.45) is 21.6. The summed E-state index contributed by atoms with van der Waals surface area (Å²) in [5.74, 6) is 1.05. The standard InChI is InChI=1S/C31H51N7O/c32-19-26-27(33)17-21(24-8-4-9-28-25(24)11-12-34-28)18-30(26)36-31(39)29-10-3-5-22(35-29)20-37-13-15-38(16-14-37)23-6-1-2-7-23/h3-4,9-10,17-18,22-26,28-31,34-36,39H,1-2,5-8,11-16,19-20,32-33H2. The van der Waals surface area contributed by atoms with Gasteiger partial charge in [0.05, 0.1) is 6.04 Å². The van der Waals surface area contributed by atoms with E-state index in [1.165, 1.54) is 50.8 Å². The minimum absolute atomic E-state index is 0.0143. The summed E-state index contributed by atoms with van der Waals surface area (Å²) in [5.41, 5.74) is 14.9. The van der Waals surface area contributed by atoms with Crippen LogP contribution in [0.15, 0.2) is 47.7 Å². The molecule has 6 aliphatic rings. The largest absolute Gasteiger partial charge is 0.402 e. The van der Waals surface area contributed by atoms with Crippen molar-refractivity contribution in [2.24, 2.45) is 29.2 Å². The fourth-order valence-electron chi connectivity index (χ4n) is 8.20. The number of nitrogens with one attached hydrogen (secondary N) is 3. The van der Waals surface area contributed by atoms with Crippen LogP contribution in [0.5, 0.6) is 0 Å². The minimum Gasteiger partial charge on any atom is -0.402 e. The molecule has 0 bridgehead atoms. The van der Waals surface area contributed by atoms with Crippen LogP contribution in [0.3, 0.4) is 0 Å². The average molecular weight is 538 g/mol. The van der Waals surface area contributed by atoms with E-state index in [1.54, 1.807) is 0 Å². The third-order valence-electron chi connectivity index (χ3n) is 10.4. The maximum Gasteiger partial charge on any atom is 0.124 e. The highest BCUT2D eigenvalue weighted by Gasteiger charge is 2.38. The number of aliphatic hydroxyl groups is 1. The topological polar surface area (TPSA) is 115 Å². The van der Waals surface area contributed by atoms with Gasteiger partial charge in [-0.15, -0.1) is 0 Å². The molecule has 8 nitrogen and oxygen atoms in total. The molecular formula is C31H51N7O. The highest BCUT2D eigenvalue weighted by Crippen LogP contribution is 2.39. The van der Waals surface area contributed by atoms with Crippen molar-refractivity contribution in [3.05, 3.63) is 47.7 Å². The van der Waals surface area contributed by atoms with Crippen LogP contribution in [0.1, 0.15) is 44.9 Å². The molecule has 3 aliphatic heterocycles. The highest BCUT2D eigenvalue weighted by molar-refractivity contribution is 5.36. The summed E-state index contributed by atoms with van der Waals surface area (Å²) in [5, 5.41) is 22.2. The van der Waals surface area contributed by atoms with E-state index < -0.39 is 6.23 Å². The molecule has 0 amide bonds. The second-order valence-electron chi connectivity index (χ2n) is 12.8. The first-order chi connectivity index (χ1) is 19.1. The number of allylic oxidation sites excluding steroid dienone is 3. The Morgan fingerprint density at radius 2 is 1.85 bits per heavy atom. The Bertz CT molecular complexity index is 949. The Labute approximate surface area is 235 Å². The lowest BCUT2D eigenvalue weighted by Crippen LogP contribution is -2.59. The van der Waals surface area contributed by atoms with Crippen molar-refractivity contribution in [1.29, 1.82) is 0 Å². The van der Waals surface area contributed by atoms with Crippen LogP contribution in [0.4, 0.5) is 0 Å². The van der Waals surface area contributed by atoms with Crippen LogP contribution >= 0.6 is 0 Å². The van der Waals surface area contributed by atoms with Crippen LogP contribution in [0.25, 0.3) is 0 Å². The maximum absolute atomic E-state index is 11.4. The molecule has 8 N–H and O–H groups in total. The number of rotatable bonds is 8. The van der Waals surface area contributed by atoms with Crippen molar-refractivity contribution in [3.8, 4) is 0 Å². The molecule has 8 atom stereocenters. The lowest BCUT2D eigenvalue weighted by atomic mass is 9.73. The molecule has 216 valence electrons. The lowest BCUT2D eigenvalue weighted by molar-refractivity contribution is 0.0724. The van der Waals surface area contributed by atoms with Crippen molar-refractivity contribution in [2.75, 3.05) is 45.8 Å². The van der Waals surface area contributed by atoms with Gasteiger partial charge < -0.3 is 27.2 Å². The van der Waals surface area contributed by atoms with E-state index in [2.05, 4.69) is 62.2 Å². The molecule has 0 radical (unpaired) electrons. The molecule has 3 fully saturated rings. The van der Waals surface area contributed by atoms with Gasteiger partial charge in [0, 0.05) is 75.1 Å². The van der Waals surface area contributed by atoms with Gasteiger partial charge in [-0.05, 0) is 62.1 Å². The van der Waals surface area contributed by atoms with Crippen LogP contribution in [-0.4, -0.2) is 97.2 Å². The fourth-order valence-corrected chi connectivity index (χ4v) is 8.20. The Hall–Kier alpha value is -1.52. The van der Waals surface area contributed by atoms with Gasteiger partial charge in [-0.1, -0.05) is 43.2 Å². The number of nitrogens with zero attached hydrogens (tertiary/aromatic N) is 2. The Kier molecular flexibility index (Phi) is 8.90. The smallest absolute Gasteiger partial charge is 0.124 e. The molecule has 39 heavy (non-hydrogen) atoms. The van der Waals surface area contributed by atoms with Gasteiger partial charge in [-0.25, -0.2) is 0 Å². The van der Waals surface area contributed by atoms with E-state index >= 15 is 0 Å². The monoisotopic (exact) mass is 537 g/mol. The van der Waals surface area contributed by atoms with Gasteiger partial charge in [0.2, 0.25) is 0 Å². The van der Waals surface area contributed by atoms with Gasteiger partial charge in [0.25, 0.3) is 0 Å². The van der Waals surface area contributed by atoms with E-state index in [1.807, 2.05) is 0 Å². The van der Waals surface area contributed by atoms with Crippen LogP contribution < -0.4 is 27.4 Å². The molecule has 0 aromatic carbocycles. The van der Waals surface area contributed by atoms with Crippen molar-refractivity contribution in [3.63, 3.8) is 0 Å². The Morgan fingerprint density at radius 3 is 2.64 bits per heavy atom. The molecule has 0 spiro atoms. The third kappa shape index (κ3) is 6.22. The van der Waals surface area contributed by atoms with Crippen LogP contribution in [-0.2, 0) is 0 Å². The van der Waals surface area contributed by atoms with E-state index in [0.29, 0.717) is 30.5 Å². The predicted octanol–water partition coefficient (Wildman–Crippen LogP) is 1.02. The zero-order valence-electron chi connectivity index (χ0n) is 23.6. The van der Waals surface area contributed by atoms with E-state index in [0.717, 1.165) is 50.8 Å². The molecule has 8 heteroatoms. The van der Waals surface area contributed by atoms with Gasteiger partial charge in [-0.2, -0.15) is 0 Å². The average Bonchev–Trinajstić information content (AvgIpc) is 3.66. The van der Waals surface area contributed by atoms with Crippen molar-refractivity contribution >= 4 is 0 Å². The quantitative estimate of drug-likeness (QED) is 0.201. The van der Waals surface area contributed by atoms with Gasteiger partial charge in [0.1, 0.15) is 6.23 Å². The maximum atomic E-state index is 11.4. The van der Waals surface area contributed by atoms with E-state index in [9.17, 15) is 5.11 Å². The summed E-state index contributed by atoms with van der Waals surface area (Å²) in [6, 6.07) is 1.43. The molecule has 6 rings (SSSR count). The molecular weight excluding hydrogens is 486 g/mol. The first-order valence-electron chi connectivity index (χ1n) is 15.7. The number of nitrogens with two attached hydrogens (primary N) is 2. The van der Waals surface area contributed by atoms with E-state index in [-0.39, 0.29) is 18.0 Å². The van der Waals surface area contributed by atoms with Crippen molar-refractivity contribution in [2.45, 2.75) is 81.4 Å². The number of aliphatic hydroxyl groups excluding tert-OH is 1. The van der Waals surface area contributed by atoms with Gasteiger partial charge >= 0.3 is 0 Å². The second kappa shape index (κ2) is 12.6. The number of hydrogen-bond acceptors (Lipinski definition) is 8. The molecule has 0 aromatic rings. The summed E-state index contributed by atoms with van der Waals surface area (Å²) in [6.45, 7) is 7.26. The molecule has 8 unspecified atom stereocenters. The second-order valence-corrected chi connectivity index (χ2v) is 12.8. The molecule has 3 heterocycles. The summed E-state index contributed by atoms with van der Waals surface area (Å²) >= 11 is 0. The first kappa shape index (κ1) is 27.6. The lowest BCUT2D eigenvalue weighted by Gasteiger charge is -2.41. The number of hydrogen-bond donors (Lipinski definition) is 6. The normalized spacial score (nSPS) is 39.0. The molecule has 3 aliphatic carbocycles. The summed E-state index contributed by atoms with van der Waals surface area (Å²) in [7, 11) is 0. The SMILES string of the molecule is NCC1C(N)=CC(C2CC=CC3NCCC32)=CC1NC(O)C1C=CCC(CN2CCN(C3CCCC3)CC2)N1. The number of fused-ring (bicyclic) bond motifs is 1. The Balaban J connectivity index is 1.05. The van der Waals surface area contributed by atoms with Gasteiger partial charge in [-0.3, -0.25) is 15.1 Å². The third-order valence-corrected chi connectivity index (χ3v) is 10.4. The zero-order valence-corrected chi connectivity index (χ0v) is 23.6. The first-order valence-corrected chi connectivity index (χ1v) is 15.7. The summed E-state index contributed by atoms with van der Waals surface area (Å²) < 4.78 is 0. The van der Waals surface area contributed by atoms with Crippen LogP contribution in [0, 0.1) is 17.8 Å².